The average Bonchev–Trinajstić information content (AvgIpc) is 2.38. The van der Waals surface area contributed by atoms with Crippen LogP contribution in [0.2, 0.25) is 0 Å². The number of hydrogen-bond acceptors (Lipinski definition) is 4. The van der Waals surface area contributed by atoms with Crippen molar-refractivity contribution in [2.45, 2.75) is 24.3 Å². The van der Waals surface area contributed by atoms with Crippen molar-refractivity contribution in [3.63, 3.8) is 0 Å². The molecule has 5 nitrogen and oxygen atoms in total. The molecule has 0 saturated carbocycles. The van der Waals surface area contributed by atoms with Gasteiger partial charge in [-0.2, -0.15) is 0 Å². The molecular weight excluding hydrogens is 266 g/mol. The molecule has 1 aliphatic rings. The minimum absolute atomic E-state index is 0.0889. The molecule has 2 atom stereocenters. The van der Waals surface area contributed by atoms with Crippen molar-refractivity contribution >= 4 is 10.0 Å². The van der Waals surface area contributed by atoms with Gasteiger partial charge in [0.1, 0.15) is 0 Å². The average molecular weight is 285 g/mol. The highest BCUT2D eigenvalue weighted by atomic mass is 32.2. The second kappa shape index (κ2) is 6.00. The first-order chi connectivity index (χ1) is 8.99. The predicted octanol–water partition coefficient (Wildman–Crippen LogP) is 0.671. The van der Waals surface area contributed by atoms with Crippen LogP contribution in [-0.2, 0) is 14.8 Å². The van der Waals surface area contributed by atoms with Crippen LogP contribution in [0.15, 0.2) is 29.2 Å². The van der Waals surface area contributed by atoms with Crippen molar-refractivity contribution in [2.75, 3.05) is 19.8 Å². The Kier molecular flexibility index (Phi) is 4.57. The van der Waals surface area contributed by atoms with Crippen LogP contribution in [0.1, 0.15) is 12.0 Å². The summed E-state index contributed by atoms with van der Waals surface area (Å²) in [4.78, 5) is 0.250. The van der Waals surface area contributed by atoms with Crippen LogP contribution in [0.25, 0.3) is 0 Å². The van der Waals surface area contributed by atoms with Crippen molar-refractivity contribution in [3.8, 4) is 0 Å². The van der Waals surface area contributed by atoms with E-state index in [0.717, 1.165) is 5.56 Å². The first-order valence-electron chi connectivity index (χ1n) is 6.31. The molecule has 1 saturated heterocycles. The minimum atomic E-state index is -3.50. The van der Waals surface area contributed by atoms with Crippen molar-refractivity contribution in [3.05, 3.63) is 29.8 Å². The van der Waals surface area contributed by atoms with Gasteiger partial charge >= 0.3 is 0 Å². The summed E-state index contributed by atoms with van der Waals surface area (Å²) in [6.07, 6.45) is 0.0619. The number of hydrogen-bond donors (Lipinski definition) is 2. The van der Waals surface area contributed by atoms with E-state index < -0.39 is 16.1 Å². The Balaban J connectivity index is 1.99. The van der Waals surface area contributed by atoms with Crippen LogP contribution in [0, 0.1) is 12.8 Å². The molecule has 0 aliphatic carbocycles. The third kappa shape index (κ3) is 3.76. The number of rotatable bonds is 4. The van der Waals surface area contributed by atoms with Gasteiger partial charge in [0.05, 0.1) is 17.6 Å². The van der Waals surface area contributed by atoms with Gasteiger partial charge in [-0.25, -0.2) is 13.1 Å². The summed E-state index contributed by atoms with van der Waals surface area (Å²) in [5.74, 6) is -0.0889. The van der Waals surface area contributed by atoms with Crippen LogP contribution >= 0.6 is 0 Å². The summed E-state index contributed by atoms with van der Waals surface area (Å²) in [6, 6.07) is 6.69. The summed E-state index contributed by atoms with van der Waals surface area (Å²) >= 11 is 0. The number of sulfonamides is 1. The monoisotopic (exact) mass is 285 g/mol. The number of benzene rings is 1. The first-order valence-corrected chi connectivity index (χ1v) is 7.79. The lowest BCUT2D eigenvalue weighted by Crippen LogP contribution is -2.40. The summed E-state index contributed by atoms with van der Waals surface area (Å²) in [7, 11) is -3.50. The predicted molar refractivity (Wildman–Crippen MR) is 71.3 cm³/mol. The Bertz CT molecular complexity index is 512. The van der Waals surface area contributed by atoms with Crippen molar-refractivity contribution < 1.29 is 18.3 Å². The zero-order valence-electron chi connectivity index (χ0n) is 10.9. The molecule has 1 aromatic rings. The van der Waals surface area contributed by atoms with Gasteiger partial charge in [0.25, 0.3) is 0 Å². The molecule has 1 fully saturated rings. The van der Waals surface area contributed by atoms with Gasteiger partial charge in [0.15, 0.2) is 0 Å². The largest absolute Gasteiger partial charge is 0.390 e. The Morgan fingerprint density at radius 3 is 2.68 bits per heavy atom. The van der Waals surface area contributed by atoms with Crippen LogP contribution < -0.4 is 4.72 Å². The van der Waals surface area contributed by atoms with E-state index >= 15 is 0 Å². The summed E-state index contributed by atoms with van der Waals surface area (Å²) in [6.45, 7) is 2.98. The van der Waals surface area contributed by atoms with E-state index in [1.54, 1.807) is 24.3 Å². The quantitative estimate of drug-likeness (QED) is 0.852. The lowest BCUT2D eigenvalue weighted by Gasteiger charge is -2.27. The van der Waals surface area contributed by atoms with Gasteiger partial charge in [0.2, 0.25) is 10.0 Å². The molecule has 6 heteroatoms. The molecule has 0 radical (unpaired) electrons. The Morgan fingerprint density at radius 1 is 1.37 bits per heavy atom. The van der Waals surface area contributed by atoms with Crippen LogP contribution in [0.4, 0.5) is 0 Å². The van der Waals surface area contributed by atoms with Gasteiger partial charge in [-0.1, -0.05) is 17.7 Å². The molecule has 0 unspecified atom stereocenters. The van der Waals surface area contributed by atoms with Gasteiger partial charge < -0.3 is 9.84 Å². The lowest BCUT2D eigenvalue weighted by atomic mass is 9.98. The zero-order chi connectivity index (χ0) is 13.9. The fraction of sp³-hybridized carbons (Fsp3) is 0.538. The molecule has 1 heterocycles. The van der Waals surface area contributed by atoms with Crippen LogP contribution in [0.3, 0.4) is 0 Å². The highest BCUT2D eigenvalue weighted by Gasteiger charge is 2.25. The molecule has 0 aromatic heterocycles. The Hall–Kier alpha value is -0.950. The number of aliphatic hydroxyl groups is 1. The summed E-state index contributed by atoms with van der Waals surface area (Å²) < 4.78 is 31.8. The minimum Gasteiger partial charge on any atom is -0.390 e. The molecule has 1 aromatic carbocycles. The summed E-state index contributed by atoms with van der Waals surface area (Å²) in [5, 5.41) is 9.71. The van der Waals surface area contributed by atoms with Crippen molar-refractivity contribution in [1.29, 1.82) is 0 Å². The van der Waals surface area contributed by atoms with E-state index in [9.17, 15) is 13.5 Å². The fourth-order valence-corrected chi connectivity index (χ4v) is 3.12. The van der Waals surface area contributed by atoms with E-state index in [1.807, 2.05) is 6.92 Å². The van der Waals surface area contributed by atoms with E-state index in [-0.39, 0.29) is 24.0 Å². The molecule has 2 N–H and O–H groups in total. The van der Waals surface area contributed by atoms with Crippen molar-refractivity contribution in [2.24, 2.45) is 5.92 Å². The number of aliphatic hydroxyl groups excluding tert-OH is 1. The van der Waals surface area contributed by atoms with Crippen LogP contribution in [0.5, 0.6) is 0 Å². The second-order valence-electron chi connectivity index (χ2n) is 4.86. The van der Waals surface area contributed by atoms with Gasteiger partial charge in [0, 0.05) is 19.1 Å². The van der Waals surface area contributed by atoms with Gasteiger partial charge in [-0.05, 0) is 25.5 Å². The van der Waals surface area contributed by atoms with Gasteiger partial charge in [-0.15, -0.1) is 0 Å². The van der Waals surface area contributed by atoms with E-state index in [4.69, 9.17) is 4.74 Å². The SMILES string of the molecule is Cc1ccc(S(=O)(=O)NC[C@@H]2CCOC[C@H]2O)cc1. The maximum absolute atomic E-state index is 12.1. The highest BCUT2D eigenvalue weighted by Crippen LogP contribution is 2.16. The van der Waals surface area contributed by atoms with E-state index in [1.165, 1.54) is 0 Å². The number of ether oxygens (including phenoxy) is 1. The fourth-order valence-electron chi connectivity index (χ4n) is 2.02. The third-order valence-corrected chi connectivity index (χ3v) is 4.77. The Morgan fingerprint density at radius 2 is 2.05 bits per heavy atom. The number of nitrogens with one attached hydrogen (secondary N) is 1. The third-order valence-electron chi connectivity index (χ3n) is 3.33. The molecule has 2 rings (SSSR count). The second-order valence-corrected chi connectivity index (χ2v) is 6.62. The summed E-state index contributed by atoms with van der Waals surface area (Å²) in [5.41, 5.74) is 1.01. The molecule has 0 spiro atoms. The van der Waals surface area contributed by atoms with Crippen molar-refractivity contribution in [1.82, 2.24) is 4.72 Å². The molecule has 19 heavy (non-hydrogen) atoms. The lowest BCUT2D eigenvalue weighted by molar-refractivity contribution is -0.0417. The first kappa shape index (κ1) is 14.5. The standard InChI is InChI=1S/C13H19NO4S/c1-10-2-4-12(5-3-10)19(16,17)14-8-11-6-7-18-9-13(11)15/h2-5,11,13-15H,6-9H2,1H3/t11-,13+/m0/s1. The number of aryl methyl sites for hydroxylation is 1. The smallest absolute Gasteiger partial charge is 0.240 e. The van der Waals surface area contributed by atoms with Gasteiger partial charge in [-0.3, -0.25) is 0 Å². The molecule has 0 amide bonds. The highest BCUT2D eigenvalue weighted by molar-refractivity contribution is 7.89. The molecule has 106 valence electrons. The van der Waals surface area contributed by atoms with E-state index in [2.05, 4.69) is 4.72 Å². The zero-order valence-corrected chi connectivity index (χ0v) is 11.7. The molecular formula is C13H19NO4S. The normalized spacial score (nSPS) is 24.3. The molecule has 1 aliphatic heterocycles. The maximum atomic E-state index is 12.1. The van der Waals surface area contributed by atoms with E-state index in [0.29, 0.717) is 13.0 Å². The Labute approximate surface area is 113 Å². The molecule has 0 bridgehead atoms. The topological polar surface area (TPSA) is 75.6 Å². The van der Waals surface area contributed by atoms with Crippen LogP contribution in [-0.4, -0.2) is 39.4 Å². The maximum Gasteiger partial charge on any atom is 0.240 e.